The minimum atomic E-state index is 0.224. The van der Waals surface area contributed by atoms with E-state index in [0.29, 0.717) is 23.2 Å². The zero-order valence-corrected chi connectivity index (χ0v) is 11.9. The van der Waals surface area contributed by atoms with Gasteiger partial charge in [0.25, 0.3) is 0 Å². The van der Waals surface area contributed by atoms with Crippen molar-refractivity contribution in [3.05, 3.63) is 41.0 Å². The fourth-order valence-corrected chi connectivity index (χ4v) is 1.83. The maximum absolute atomic E-state index is 6.17. The van der Waals surface area contributed by atoms with Gasteiger partial charge >= 0.3 is 0 Å². The largest absolute Gasteiger partial charge is 0.484 e. The van der Waals surface area contributed by atoms with Crippen molar-refractivity contribution < 1.29 is 14.0 Å². The third-order valence-electron chi connectivity index (χ3n) is 2.57. The standard InChI is InChI=1S/C13H16ClN3O3/c1-18-5-4-15-7-10-2-3-12(11(14)6-10)19-8-13-16-9-20-17-13/h2-3,6,9,15H,4-5,7-8H2,1H3. The number of hydrogen-bond acceptors (Lipinski definition) is 6. The van der Waals surface area contributed by atoms with Crippen LogP contribution in [0.4, 0.5) is 0 Å². The second kappa shape index (κ2) is 7.84. The molecule has 1 aromatic heterocycles. The molecular formula is C13H16ClN3O3. The lowest BCUT2D eigenvalue weighted by molar-refractivity contribution is 0.199. The first-order chi connectivity index (χ1) is 9.79. The van der Waals surface area contributed by atoms with Gasteiger partial charge in [0, 0.05) is 20.2 Å². The van der Waals surface area contributed by atoms with Crippen LogP contribution < -0.4 is 10.1 Å². The SMILES string of the molecule is COCCNCc1ccc(OCc2ncon2)c(Cl)c1. The summed E-state index contributed by atoms with van der Waals surface area (Å²) in [5.41, 5.74) is 1.08. The second-order valence-electron chi connectivity index (χ2n) is 4.07. The summed E-state index contributed by atoms with van der Waals surface area (Å²) in [7, 11) is 1.68. The van der Waals surface area contributed by atoms with Crippen molar-refractivity contribution in [2.75, 3.05) is 20.3 Å². The van der Waals surface area contributed by atoms with Crippen LogP contribution >= 0.6 is 11.6 Å². The number of benzene rings is 1. The first-order valence-corrected chi connectivity index (χ1v) is 6.53. The normalized spacial score (nSPS) is 10.7. The molecule has 0 aliphatic carbocycles. The van der Waals surface area contributed by atoms with Crippen molar-refractivity contribution in [1.82, 2.24) is 15.5 Å². The van der Waals surface area contributed by atoms with Crippen molar-refractivity contribution in [1.29, 1.82) is 0 Å². The molecule has 2 aromatic rings. The molecule has 0 spiro atoms. The van der Waals surface area contributed by atoms with E-state index in [0.717, 1.165) is 18.7 Å². The summed E-state index contributed by atoms with van der Waals surface area (Å²) in [6.07, 6.45) is 1.26. The topological polar surface area (TPSA) is 69.4 Å². The molecular weight excluding hydrogens is 282 g/mol. The highest BCUT2D eigenvalue weighted by molar-refractivity contribution is 6.32. The molecule has 1 aromatic carbocycles. The molecule has 2 rings (SSSR count). The summed E-state index contributed by atoms with van der Waals surface area (Å²) in [6.45, 7) is 2.43. The Kier molecular flexibility index (Phi) is 5.79. The van der Waals surface area contributed by atoms with E-state index in [9.17, 15) is 0 Å². The minimum Gasteiger partial charge on any atom is -0.484 e. The molecule has 1 N–H and O–H groups in total. The summed E-state index contributed by atoms with van der Waals surface area (Å²) >= 11 is 6.17. The molecule has 0 unspecified atom stereocenters. The van der Waals surface area contributed by atoms with E-state index in [1.807, 2.05) is 18.2 Å². The lowest BCUT2D eigenvalue weighted by Gasteiger charge is -2.09. The van der Waals surface area contributed by atoms with Crippen molar-refractivity contribution in [3.63, 3.8) is 0 Å². The predicted octanol–water partition coefficient (Wildman–Crippen LogP) is 2.04. The van der Waals surface area contributed by atoms with E-state index >= 15 is 0 Å². The molecule has 0 atom stereocenters. The number of nitrogens with zero attached hydrogens (tertiary/aromatic N) is 2. The highest BCUT2D eigenvalue weighted by atomic mass is 35.5. The Morgan fingerprint density at radius 3 is 3.00 bits per heavy atom. The van der Waals surface area contributed by atoms with Crippen LogP contribution in [0.25, 0.3) is 0 Å². The van der Waals surface area contributed by atoms with E-state index < -0.39 is 0 Å². The van der Waals surface area contributed by atoms with E-state index in [-0.39, 0.29) is 6.61 Å². The van der Waals surface area contributed by atoms with Crippen LogP contribution in [0.1, 0.15) is 11.4 Å². The van der Waals surface area contributed by atoms with Gasteiger partial charge < -0.3 is 19.3 Å². The van der Waals surface area contributed by atoms with E-state index in [4.69, 9.17) is 21.1 Å². The fourth-order valence-electron chi connectivity index (χ4n) is 1.58. The molecule has 7 heteroatoms. The number of halogens is 1. The lowest BCUT2D eigenvalue weighted by atomic mass is 10.2. The van der Waals surface area contributed by atoms with Gasteiger partial charge in [-0.05, 0) is 17.7 Å². The Morgan fingerprint density at radius 2 is 2.30 bits per heavy atom. The first-order valence-electron chi connectivity index (χ1n) is 6.15. The minimum absolute atomic E-state index is 0.224. The molecule has 6 nitrogen and oxygen atoms in total. The van der Waals surface area contributed by atoms with Gasteiger partial charge in [-0.1, -0.05) is 22.8 Å². The quantitative estimate of drug-likeness (QED) is 0.752. The van der Waals surface area contributed by atoms with Gasteiger partial charge in [-0.25, -0.2) is 0 Å². The molecule has 0 aliphatic rings. The highest BCUT2D eigenvalue weighted by Crippen LogP contribution is 2.26. The third kappa shape index (κ3) is 4.48. The van der Waals surface area contributed by atoms with Gasteiger partial charge in [-0.2, -0.15) is 4.98 Å². The molecule has 0 saturated carbocycles. The van der Waals surface area contributed by atoms with Crippen LogP contribution in [0, 0.1) is 0 Å². The van der Waals surface area contributed by atoms with Gasteiger partial charge in [0.05, 0.1) is 11.6 Å². The monoisotopic (exact) mass is 297 g/mol. The van der Waals surface area contributed by atoms with Crippen molar-refractivity contribution >= 4 is 11.6 Å². The van der Waals surface area contributed by atoms with Crippen molar-refractivity contribution in [2.45, 2.75) is 13.2 Å². The zero-order valence-electron chi connectivity index (χ0n) is 11.1. The molecule has 0 bridgehead atoms. The van der Waals surface area contributed by atoms with Crippen LogP contribution in [0.15, 0.2) is 29.1 Å². The molecule has 0 amide bonds. The number of ether oxygens (including phenoxy) is 2. The molecule has 0 radical (unpaired) electrons. The number of methoxy groups -OCH3 is 1. The molecule has 0 aliphatic heterocycles. The van der Waals surface area contributed by atoms with Crippen LogP contribution in [-0.4, -0.2) is 30.4 Å². The highest BCUT2D eigenvalue weighted by Gasteiger charge is 2.05. The fraction of sp³-hybridized carbons (Fsp3) is 0.385. The van der Waals surface area contributed by atoms with E-state index in [1.54, 1.807) is 7.11 Å². The Labute approximate surface area is 122 Å². The van der Waals surface area contributed by atoms with Gasteiger partial charge in [0.2, 0.25) is 12.2 Å². The summed E-state index contributed by atoms with van der Waals surface area (Å²) in [6, 6.07) is 5.65. The molecule has 1 heterocycles. The lowest BCUT2D eigenvalue weighted by Crippen LogP contribution is -2.18. The maximum Gasteiger partial charge on any atom is 0.213 e. The molecule has 108 valence electrons. The van der Waals surface area contributed by atoms with Gasteiger partial charge in [0.1, 0.15) is 5.75 Å². The summed E-state index contributed by atoms with van der Waals surface area (Å²) < 4.78 is 15.1. The third-order valence-corrected chi connectivity index (χ3v) is 2.87. The second-order valence-corrected chi connectivity index (χ2v) is 4.48. The predicted molar refractivity (Wildman–Crippen MR) is 73.7 cm³/mol. The van der Waals surface area contributed by atoms with Gasteiger partial charge in [0.15, 0.2) is 6.61 Å². The molecule has 0 fully saturated rings. The van der Waals surface area contributed by atoms with Crippen LogP contribution in [0.2, 0.25) is 5.02 Å². The number of rotatable bonds is 8. The number of hydrogen-bond donors (Lipinski definition) is 1. The van der Waals surface area contributed by atoms with Gasteiger partial charge in [-0.15, -0.1) is 0 Å². The van der Waals surface area contributed by atoms with Crippen LogP contribution in [0.5, 0.6) is 5.75 Å². The summed E-state index contributed by atoms with van der Waals surface area (Å²) in [4.78, 5) is 3.87. The Morgan fingerprint density at radius 1 is 1.40 bits per heavy atom. The molecule has 0 saturated heterocycles. The first kappa shape index (κ1) is 14.8. The Balaban J connectivity index is 1.85. The zero-order chi connectivity index (χ0) is 14.2. The van der Waals surface area contributed by atoms with E-state index in [1.165, 1.54) is 6.39 Å². The maximum atomic E-state index is 6.17. The van der Waals surface area contributed by atoms with E-state index in [2.05, 4.69) is 20.0 Å². The van der Waals surface area contributed by atoms with Crippen LogP contribution in [0.3, 0.4) is 0 Å². The van der Waals surface area contributed by atoms with Crippen molar-refractivity contribution in [2.24, 2.45) is 0 Å². The molecule has 20 heavy (non-hydrogen) atoms. The summed E-state index contributed by atoms with van der Waals surface area (Å²) in [5, 5.41) is 7.46. The average molecular weight is 298 g/mol. The smallest absolute Gasteiger partial charge is 0.213 e. The average Bonchev–Trinajstić information content (AvgIpc) is 2.96. The van der Waals surface area contributed by atoms with Crippen LogP contribution in [-0.2, 0) is 17.9 Å². The van der Waals surface area contributed by atoms with Crippen molar-refractivity contribution in [3.8, 4) is 5.75 Å². The number of nitrogens with one attached hydrogen (secondary N) is 1. The van der Waals surface area contributed by atoms with Gasteiger partial charge in [-0.3, -0.25) is 0 Å². The number of aromatic nitrogens is 2. The summed E-state index contributed by atoms with van der Waals surface area (Å²) in [5.74, 6) is 1.07. The Bertz CT molecular complexity index is 520. The Hall–Kier alpha value is -1.63.